The topological polar surface area (TPSA) is 113 Å². The largest absolute Gasteiger partial charge is 0.326 e. The van der Waals surface area contributed by atoms with Crippen LogP contribution in [-0.4, -0.2) is 35.5 Å². The van der Waals surface area contributed by atoms with Crippen LogP contribution in [0.1, 0.15) is 18.4 Å². The molecule has 0 saturated carbocycles. The molecule has 1 amide bonds. The number of amides is 1. The van der Waals surface area contributed by atoms with Crippen LogP contribution in [0.15, 0.2) is 77.7 Å². The van der Waals surface area contributed by atoms with Gasteiger partial charge in [-0.3, -0.25) is 13.8 Å². The lowest BCUT2D eigenvalue weighted by Gasteiger charge is -2.22. The molecule has 3 aromatic rings. The molecule has 0 radical (unpaired) electrons. The van der Waals surface area contributed by atoms with Crippen LogP contribution >= 0.6 is 11.6 Å². The van der Waals surface area contributed by atoms with Gasteiger partial charge in [-0.2, -0.15) is 0 Å². The van der Waals surface area contributed by atoms with Gasteiger partial charge in [0.1, 0.15) is 0 Å². The van der Waals surface area contributed by atoms with Crippen molar-refractivity contribution in [1.29, 1.82) is 0 Å². The van der Waals surface area contributed by atoms with E-state index in [0.29, 0.717) is 28.5 Å². The molecule has 0 fully saturated rings. The van der Waals surface area contributed by atoms with Crippen molar-refractivity contribution in [3.63, 3.8) is 0 Å². The number of anilines is 3. The molecule has 0 unspecified atom stereocenters. The van der Waals surface area contributed by atoms with Crippen molar-refractivity contribution in [2.75, 3.05) is 27.1 Å². The molecule has 0 aliphatic carbocycles. The van der Waals surface area contributed by atoms with E-state index < -0.39 is 20.0 Å². The molecule has 11 heteroatoms. The third kappa shape index (κ3) is 7.45. The summed E-state index contributed by atoms with van der Waals surface area (Å²) < 4.78 is 53.3. The molecular weight excluding hydrogens is 510 g/mol. The third-order valence-electron chi connectivity index (χ3n) is 5.08. The van der Waals surface area contributed by atoms with Crippen LogP contribution in [0, 0.1) is 6.92 Å². The molecule has 0 heterocycles. The average Bonchev–Trinajstić information content (AvgIpc) is 2.79. The van der Waals surface area contributed by atoms with Crippen molar-refractivity contribution in [2.45, 2.75) is 24.7 Å². The third-order valence-corrected chi connectivity index (χ3v) is 8.08. The molecule has 3 aromatic carbocycles. The van der Waals surface area contributed by atoms with E-state index in [1.165, 1.54) is 34.6 Å². The van der Waals surface area contributed by atoms with E-state index in [1.807, 2.05) is 6.92 Å². The molecule has 3 rings (SSSR count). The number of para-hydroxylation sites is 1. The second kappa shape index (κ2) is 11.1. The summed E-state index contributed by atoms with van der Waals surface area (Å²) in [6, 6.07) is 19.3. The first-order valence-electron chi connectivity index (χ1n) is 10.7. The Kier molecular flexibility index (Phi) is 8.42. The SMILES string of the molecule is Cc1ccc(NS(=O)(=O)c2ccc(NC(=O)CCCN(c3ccccc3)S(C)(=O)=O)cc2)cc1Cl. The lowest BCUT2D eigenvalue weighted by molar-refractivity contribution is -0.116. The summed E-state index contributed by atoms with van der Waals surface area (Å²) in [4.78, 5) is 12.4. The first-order valence-corrected chi connectivity index (χ1v) is 14.4. The van der Waals surface area contributed by atoms with Gasteiger partial charge in [0.25, 0.3) is 10.0 Å². The number of aryl methyl sites for hydroxylation is 1. The number of carbonyl (C=O) groups is 1. The van der Waals surface area contributed by atoms with Crippen molar-refractivity contribution in [2.24, 2.45) is 0 Å². The number of hydrogen-bond donors (Lipinski definition) is 2. The Labute approximate surface area is 211 Å². The first kappa shape index (κ1) is 26.5. The predicted octanol–water partition coefficient (Wildman–Crippen LogP) is 4.63. The van der Waals surface area contributed by atoms with Crippen molar-refractivity contribution >= 4 is 54.6 Å². The monoisotopic (exact) mass is 535 g/mol. The standard InChI is InChI=1S/C24H26ClN3O5S2/c1-18-10-11-20(17-23(18)25)27-35(32,33)22-14-12-19(13-15-22)26-24(29)9-6-16-28(34(2,30)31)21-7-4-3-5-8-21/h3-5,7-8,10-15,17,27H,6,9,16H2,1-2H3,(H,26,29). The molecule has 0 aromatic heterocycles. The Balaban J connectivity index is 1.57. The summed E-state index contributed by atoms with van der Waals surface area (Å²) in [6.45, 7) is 1.97. The predicted molar refractivity (Wildman–Crippen MR) is 140 cm³/mol. The Morgan fingerprint density at radius 1 is 0.914 bits per heavy atom. The number of carbonyl (C=O) groups excluding carboxylic acids is 1. The fraction of sp³-hybridized carbons (Fsp3) is 0.208. The van der Waals surface area contributed by atoms with Crippen LogP contribution < -0.4 is 14.3 Å². The lowest BCUT2D eigenvalue weighted by atomic mass is 10.2. The van der Waals surface area contributed by atoms with Gasteiger partial charge in [-0.05, 0) is 67.4 Å². The molecule has 0 aliphatic heterocycles. The maximum absolute atomic E-state index is 12.6. The summed E-state index contributed by atoms with van der Waals surface area (Å²) in [5.41, 5.74) is 2.14. The maximum atomic E-state index is 12.6. The normalized spacial score (nSPS) is 11.6. The molecule has 0 atom stereocenters. The van der Waals surface area contributed by atoms with Gasteiger partial charge in [-0.15, -0.1) is 0 Å². The van der Waals surface area contributed by atoms with Crippen molar-refractivity contribution in [3.05, 3.63) is 83.4 Å². The van der Waals surface area contributed by atoms with Gasteiger partial charge < -0.3 is 5.32 Å². The number of nitrogens with one attached hydrogen (secondary N) is 2. The second-order valence-electron chi connectivity index (χ2n) is 7.92. The Hall–Kier alpha value is -3.08. The smallest absolute Gasteiger partial charge is 0.261 e. The minimum absolute atomic E-state index is 0.0267. The highest BCUT2D eigenvalue weighted by Crippen LogP contribution is 2.23. The second-order valence-corrected chi connectivity index (χ2v) is 11.9. The highest BCUT2D eigenvalue weighted by molar-refractivity contribution is 7.92. The summed E-state index contributed by atoms with van der Waals surface area (Å²) in [5, 5.41) is 3.15. The minimum atomic E-state index is -3.84. The highest BCUT2D eigenvalue weighted by Gasteiger charge is 2.18. The summed E-state index contributed by atoms with van der Waals surface area (Å²) in [6.07, 6.45) is 1.52. The molecule has 8 nitrogen and oxygen atoms in total. The van der Waals surface area contributed by atoms with Gasteiger partial charge in [0.05, 0.1) is 22.5 Å². The van der Waals surface area contributed by atoms with E-state index in [9.17, 15) is 21.6 Å². The number of nitrogens with zero attached hydrogens (tertiary/aromatic N) is 1. The van der Waals surface area contributed by atoms with Crippen LogP contribution in [0.25, 0.3) is 0 Å². The molecule has 186 valence electrons. The van der Waals surface area contributed by atoms with Crippen LogP contribution in [0.4, 0.5) is 17.1 Å². The number of hydrogen-bond acceptors (Lipinski definition) is 5. The zero-order chi connectivity index (χ0) is 25.6. The van der Waals surface area contributed by atoms with Gasteiger partial charge in [0.15, 0.2) is 0 Å². The first-order chi connectivity index (χ1) is 16.5. The zero-order valence-electron chi connectivity index (χ0n) is 19.2. The molecule has 0 spiro atoms. The van der Waals surface area contributed by atoms with Crippen molar-refractivity contribution in [3.8, 4) is 0 Å². The molecule has 0 aliphatic rings. The van der Waals surface area contributed by atoms with Gasteiger partial charge in [-0.25, -0.2) is 16.8 Å². The van der Waals surface area contributed by atoms with E-state index in [4.69, 9.17) is 11.6 Å². The maximum Gasteiger partial charge on any atom is 0.261 e. The Morgan fingerprint density at radius 3 is 2.14 bits per heavy atom. The molecule has 0 saturated heterocycles. The Bertz CT molecular complexity index is 1390. The van der Waals surface area contributed by atoms with Gasteiger partial charge >= 0.3 is 0 Å². The van der Waals surface area contributed by atoms with Crippen molar-refractivity contribution in [1.82, 2.24) is 0 Å². The molecule has 2 N–H and O–H groups in total. The van der Waals surface area contributed by atoms with Crippen LogP contribution in [0.2, 0.25) is 5.02 Å². The highest BCUT2D eigenvalue weighted by atomic mass is 35.5. The van der Waals surface area contributed by atoms with Crippen LogP contribution in [0.3, 0.4) is 0 Å². The van der Waals surface area contributed by atoms with Crippen molar-refractivity contribution < 1.29 is 21.6 Å². The summed E-state index contributed by atoms with van der Waals surface area (Å²) in [7, 11) is -7.33. The van der Waals surface area contributed by atoms with Crippen LogP contribution in [-0.2, 0) is 24.8 Å². The minimum Gasteiger partial charge on any atom is -0.326 e. The fourth-order valence-corrected chi connectivity index (χ4v) is 5.47. The summed E-state index contributed by atoms with van der Waals surface area (Å²) in [5.74, 6) is -0.311. The van der Waals surface area contributed by atoms with E-state index in [1.54, 1.807) is 42.5 Å². The molecular formula is C24H26ClN3O5S2. The van der Waals surface area contributed by atoms with E-state index in [2.05, 4.69) is 10.0 Å². The van der Waals surface area contributed by atoms with Gasteiger partial charge in [-0.1, -0.05) is 35.9 Å². The van der Waals surface area contributed by atoms with E-state index in [-0.39, 0.29) is 23.8 Å². The number of benzene rings is 3. The molecule has 0 bridgehead atoms. The van der Waals surface area contributed by atoms with Gasteiger partial charge in [0.2, 0.25) is 15.9 Å². The molecule has 35 heavy (non-hydrogen) atoms. The number of halogens is 1. The zero-order valence-corrected chi connectivity index (χ0v) is 21.6. The van der Waals surface area contributed by atoms with Gasteiger partial charge in [0, 0.05) is 23.7 Å². The lowest BCUT2D eigenvalue weighted by Crippen LogP contribution is -2.31. The number of sulfonamides is 2. The van der Waals surface area contributed by atoms with Crippen LogP contribution in [0.5, 0.6) is 0 Å². The van der Waals surface area contributed by atoms with E-state index in [0.717, 1.165) is 11.8 Å². The quantitative estimate of drug-likeness (QED) is 0.393. The Morgan fingerprint density at radius 2 is 1.54 bits per heavy atom. The van der Waals surface area contributed by atoms with E-state index >= 15 is 0 Å². The summed E-state index contributed by atoms with van der Waals surface area (Å²) >= 11 is 6.06. The number of rotatable bonds is 10. The fourth-order valence-electron chi connectivity index (χ4n) is 3.28. The average molecular weight is 536 g/mol.